The molecule has 0 aliphatic carbocycles. The second-order valence-electron chi connectivity index (χ2n) is 9.33. The number of rotatable bonds is 6. The van der Waals surface area contributed by atoms with Crippen LogP contribution in [0.2, 0.25) is 0 Å². The molecule has 11 heteroatoms. The molecule has 3 aliphatic rings. The lowest BCUT2D eigenvalue weighted by Gasteiger charge is -2.42. The Morgan fingerprint density at radius 2 is 1.69 bits per heavy atom. The quantitative estimate of drug-likeness (QED) is 0.607. The maximum atomic E-state index is 13.5. The molecule has 5 rings (SSSR count). The van der Waals surface area contributed by atoms with Crippen LogP contribution in [0.25, 0.3) is 0 Å². The van der Waals surface area contributed by atoms with E-state index in [4.69, 9.17) is 0 Å². The number of piperidine rings is 1. The zero-order chi connectivity index (χ0) is 25.0. The minimum absolute atomic E-state index is 0.108. The van der Waals surface area contributed by atoms with E-state index < -0.39 is 46.2 Å². The molecule has 3 aliphatic heterocycles. The SMILES string of the molecule is Cc1ccc(S(=O)(=O)N2[C@@H]3CC[C@H]2CC2(C3)NC(=O)N(Cc3ccccc3OC(F)F)C2=O)cc1. The van der Waals surface area contributed by atoms with Gasteiger partial charge in [0.15, 0.2) is 0 Å². The predicted octanol–water partition coefficient (Wildman–Crippen LogP) is 3.40. The lowest BCUT2D eigenvalue weighted by molar-refractivity contribution is -0.133. The van der Waals surface area contributed by atoms with Crippen LogP contribution in [-0.4, -0.2) is 53.8 Å². The largest absolute Gasteiger partial charge is 0.434 e. The van der Waals surface area contributed by atoms with Crippen LogP contribution in [0, 0.1) is 6.92 Å². The van der Waals surface area contributed by atoms with Crippen molar-refractivity contribution in [2.75, 3.05) is 0 Å². The molecule has 1 unspecified atom stereocenters. The summed E-state index contributed by atoms with van der Waals surface area (Å²) in [5, 5.41) is 2.80. The van der Waals surface area contributed by atoms with E-state index in [2.05, 4.69) is 10.1 Å². The number of halogens is 2. The van der Waals surface area contributed by atoms with Crippen molar-refractivity contribution in [1.82, 2.24) is 14.5 Å². The number of nitrogens with one attached hydrogen (secondary N) is 1. The molecule has 0 radical (unpaired) electrons. The third kappa shape index (κ3) is 4.06. The van der Waals surface area contributed by atoms with Gasteiger partial charge >= 0.3 is 12.6 Å². The molecular weight excluding hydrogens is 480 g/mol. The number of amides is 3. The van der Waals surface area contributed by atoms with E-state index >= 15 is 0 Å². The highest BCUT2D eigenvalue weighted by molar-refractivity contribution is 7.89. The van der Waals surface area contributed by atoms with Crippen molar-refractivity contribution in [3.63, 3.8) is 0 Å². The third-order valence-corrected chi connectivity index (χ3v) is 9.10. The van der Waals surface area contributed by atoms with Gasteiger partial charge in [-0.1, -0.05) is 35.9 Å². The number of ether oxygens (including phenoxy) is 1. The predicted molar refractivity (Wildman–Crippen MR) is 121 cm³/mol. The van der Waals surface area contributed by atoms with Gasteiger partial charge in [-0.3, -0.25) is 9.69 Å². The molecule has 3 fully saturated rings. The molecule has 0 aromatic heterocycles. The first kappa shape index (κ1) is 23.7. The van der Waals surface area contributed by atoms with Crippen molar-refractivity contribution in [1.29, 1.82) is 0 Å². The summed E-state index contributed by atoms with van der Waals surface area (Å²) in [6, 6.07) is 11.2. The van der Waals surface area contributed by atoms with Gasteiger partial charge in [0.05, 0.1) is 11.4 Å². The van der Waals surface area contributed by atoms with Crippen molar-refractivity contribution in [2.24, 2.45) is 0 Å². The summed E-state index contributed by atoms with van der Waals surface area (Å²) in [5.41, 5.74) is 0.000820. The van der Waals surface area contributed by atoms with Gasteiger partial charge in [0, 0.05) is 17.6 Å². The minimum Gasteiger partial charge on any atom is -0.434 e. The molecule has 3 atom stereocenters. The average Bonchev–Trinajstić information content (AvgIpc) is 3.21. The topological polar surface area (TPSA) is 96.0 Å². The molecule has 1 N–H and O–H groups in total. The zero-order valence-corrected chi connectivity index (χ0v) is 19.8. The number of nitrogens with zero attached hydrogens (tertiary/aromatic N) is 2. The normalized spacial score (nSPS) is 26.6. The van der Waals surface area contributed by atoms with Crippen molar-refractivity contribution >= 4 is 22.0 Å². The Morgan fingerprint density at radius 1 is 1.06 bits per heavy atom. The maximum absolute atomic E-state index is 13.5. The molecule has 2 bridgehead atoms. The highest BCUT2D eigenvalue weighted by Gasteiger charge is 2.60. The van der Waals surface area contributed by atoms with Crippen LogP contribution in [0.3, 0.4) is 0 Å². The standard InChI is InChI=1S/C24H25F2N3O5S/c1-15-6-10-19(11-7-15)35(32,33)29-17-8-9-18(29)13-24(12-17)21(30)28(23(31)27-24)14-16-4-2-3-5-20(16)34-22(25)26/h2-7,10-11,17-18,22H,8-9,12-14H2,1H3,(H,27,31)/t17-,18+,24?. The Hall–Kier alpha value is -3.05. The molecule has 3 heterocycles. The summed E-state index contributed by atoms with van der Waals surface area (Å²) < 4.78 is 58.4. The fourth-order valence-electron chi connectivity index (χ4n) is 5.55. The molecule has 35 heavy (non-hydrogen) atoms. The number of carbonyl (C=O) groups is 2. The second-order valence-corrected chi connectivity index (χ2v) is 11.2. The Morgan fingerprint density at radius 3 is 2.31 bits per heavy atom. The summed E-state index contributed by atoms with van der Waals surface area (Å²) in [7, 11) is -3.76. The smallest absolute Gasteiger partial charge is 0.387 e. The molecule has 0 saturated carbocycles. The molecule has 3 amide bonds. The van der Waals surface area contributed by atoms with Gasteiger partial charge in [0.1, 0.15) is 11.3 Å². The van der Waals surface area contributed by atoms with Crippen LogP contribution in [0.5, 0.6) is 5.75 Å². The molecule has 3 saturated heterocycles. The van der Waals surface area contributed by atoms with Crippen molar-refractivity contribution in [3.8, 4) is 5.75 Å². The highest BCUT2D eigenvalue weighted by Crippen LogP contribution is 2.46. The van der Waals surface area contributed by atoms with Crippen molar-refractivity contribution in [2.45, 2.75) is 68.3 Å². The van der Waals surface area contributed by atoms with E-state index in [-0.39, 0.29) is 35.6 Å². The summed E-state index contributed by atoms with van der Waals surface area (Å²) in [4.78, 5) is 27.5. The number of fused-ring (bicyclic) bond motifs is 2. The van der Waals surface area contributed by atoms with Crippen LogP contribution in [0.4, 0.5) is 13.6 Å². The van der Waals surface area contributed by atoms with Gasteiger partial charge in [-0.05, 0) is 50.8 Å². The fraction of sp³-hybridized carbons (Fsp3) is 0.417. The first-order chi connectivity index (χ1) is 16.6. The van der Waals surface area contributed by atoms with Crippen LogP contribution in [-0.2, 0) is 21.4 Å². The number of benzene rings is 2. The van der Waals surface area contributed by atoms with E-state index in [1.165, 1.54) is 22.5 Å². The van der Waals surface area contributed by atoms with Crippen LogP contribution >= 0.6 is 0 Å². The highest BCUT2D eigenvalue weighted by atomic mass is 32.2. The van der Waals surface area contributed by atoms with Gasteiger partial charge in [-0.2, -0.15) is 13.1 Å². The van der Waals surface area contributed by atoms with Gasteiger partial charge in [-0.25, -0.2) is 13.2 Å². The summed E-state index contributed by atoms with van der Waals surface area (Å²) in [5.74, 6) is -0.582. The summed E-state index contributed by atoms with van der Waals surface area (Å²) in [6.07, 6.45) is 1.49. The van der Waals surface area contributed by atoms with E-state index in [1.54, 1.807) is 30.3 Å². The van der Waals surface area contributed by atoms with Crippen LogP contribution < -0.4 is 10.1 Å². The number of aryl methyl sites for hydroxylation is 1. The molecule has 2 aromatic rings. The fourth-order valence-corrected chi connectivity index (χ4v) is 7.41. The third-order valence-electron chi connectivity index (χ3n) is 7.08. The Kier molecular flexibility index (Phi) is 5.79. The first-order valence-electron chi connectivity index (χ1n) is 11.4. The van der Waals surface area contributed by atoms with E-state index in [1.807, 2.05) is 6.92 Å². The Balaban J connectivity index is 1.38. The number of imide groups is 1. The van der Waals surface area contributed by atoms with E-state index in [0.29, 0.717) is 12.8 Å². The van der Waals surface area contributed by atoms with Gasteiger partial charge < -0.3 is 10.1 Å². The number of alkyl halides is 2. The molecule has 2 aromatic carbocycles. The average molecular weight is 506 g/mol. The van der Waals surface area contributed by atoms with Crippen molar-refractivity contribution < 1.29 is 31.5 Å². The molecule has 186 valence electrons. The zero-order valence-electron chi connectivity index (χ0n) is 19.0. The van der Waals surface area contributed by atoms with Crippen molar-refractivity contribution in [3.05, 3.63) is 59.7 Å². The maximum Gasteiger partial charge on any atom is 0.387 e. The van der Waals surface area contributed by atoms with Gasteiger partial charge in [-0.15, -0.1) is 0 Å². The second kappa shape index (κ2) is 8.56. The number of urea groups is 1. The number of sulfonamides is 1. The van der Waals surface area contributed by atoms with Gasteiger partial charge in [0.2, 0.25) is 10.0 Å². The number of hydrogen-bond acceptors (Lipinski definition) is 5. The number of hydrogen-bond donors (Lipinski definition) is 1. The Labute approximate surface area is 201 Å². The number of para-hydroxylation sites is 1. The van der Waals surface area contributed by atoms with Gasteiger partial charge in [0.25, 0.3) is 5.91 Å². The summed E-state index contributed by atoms with van der Waals surface area (Å²) in [6.45, 7) is -1.39. The molecule has 8 nitrogen and oxygen atoms in total. The number of carbonyl (C=O) groups excluding carboxylic acids is 2. The summed E-state index contributed by atoms with van der Waals surface area (Å²) >= 11 is 0. The molecule has 1 spiro atoms. The first-order valence-corrected chi connectivity index (χ1v) is 12.8. The monoisotopic (exact) mass is 505 g/mol. The molecular formula is C24H25F2N3O5S. The Bertz CT molecular complexity index is 1250. The lowest BCUT2D eigenvalue weighted by atomic mass is 9.84. The lowest BCUT2D eigenvalue weighted by Crippen LogP contribution is -2.60. The minimum atomic E-state index is -3.76. The van der Waals surface area contributed by atoms with E-state index in [0.717, 1.165) is 10.5 Å². The van der Waals surface area contributed by atoms with Crippen LogP contribution in [0.1, 0.15) is 36.8 Å². The van der Waals surface area contributed by atoms with Crippen LogP contribution in [0.15, 0.2) is 53.4 Å². The van der Waals surface area contributed by atoms with E-state index in [9.17, 15) is 26.8 Å².